The second kappa shape index (κ2) is 11.8. The number of nitrogens with one attached hydrogen (secondary N) is 2. The van der Waals surface area contributed by atoms with Crippen LogP contribution in [0.2, 0.25) is 0 Å². The fourth-order valence-electron chi connectivity index (χ4n) is 5.32. The standard InChI is InChI=1S/C32H40N2O3/c1-31(2,3)37-30(35)33-23-32(26-16-11-17-28(22-26)36-4)20-18-27(19-21-32)34-29(24-12-7-5-8-13-24)25-14-9-6-10-15-25/h5-17,22,27,29,34H,18-21,23H2,1-4H3,(H,33,35). The zero-order valence-electron chi connectivity index (χ0n) is 22.5. The lowest BCUT2D eigenvalue weighted by Crippen LogP contribution is -2.47. The van der Waals surface area contributed by atoms with E-state index in [1.807, 2.05) is 32.9 Å². The predicted molar refractivity (Wildman–Crippen MR) is 149 cm³/mol. The van der Waals surface area contributed by atoms with Gasteiger partial charge in [-0.25, -0.2) is 4.79 Å². The Bertz CT molecular complexity index is 1090. The van der Waals surface area contributed by atoms with Crippen LogP contribution in [0.15, 0.2) is 84.9 Å². The van der Waals surface area contributed by atoms with Crippen LogP contribution in [0.1, 0.15) is 69.2 Å². The number of carbonyl (C=O) groups excluding carboxylic acids is 1. The highest BCUT2D eigenvalue weighted by Crippen LogP contribution is 2.41. The molecule has 0 heterocycles. The highest BCUT2D eigenvalue weighted by Gasteiger charge is 2.38. The molecule has 1 saturated carbocycles. The maximum atomic E-state index is 12.6. The molecule has 1 aliphatic rings. The third kappa shape index (κ3) is 7.14. The van der Waals surface area contributed by atoms with Gasteiger partial charge in [-0.05, 0) is 75.3 Å². The number of carbonyl (C=O) groups is 1. The Morgan fingerprint density at radius 3 is 2.05 bits per heavy atom. The molecule has 5 nitrogen and oxygen atoms in total. The first-order valence-corrected chi connectivity index (χ1v) is 13.3. The summed E-state index contributed by atoms with van der Waals surface area (Å²) in [5, 5.41) is 7.03. The van der Waals surface area contributed by atoms with Gasteiger partial charge in [0.1, 0.15) is 11.4 Å². The molecule has 196 valence electrons. The van der Waals surface area contributed by atoms with E-state index in [1.165, 1.54) is 16.7 Å². The van der Waals surface area contributed by atoms with Gasteiger partial charge in [0.2, 0.25) is 0 Å². The first-order chi connectivity index (χ1) is 17.8. The van der Waals surface area contributed by atoms with Gasteiger partial charge in [-0.1, -0.05) is 72.8 Å². The maximum Gasteiger partial charge on any atom is 0.407 e. The number of methoxy groups -OCH3 is 1. The summed E-state index contributed by atoms with van der Waals surface area (Å²) in [4.78, 5) is 12.6. The average molecular weight is 501 g/mol. The van der Waals surface area contributed by atoms with E-state index in [9.17, 15) is 4.79 Å². The minimum atomic E-state index is -0.529. The summed E-state index contributed by atoms with van der Waals surface area (Å²) in [5.74, 6) is 0.836. The molecule has 0 atom stereocenters. The molecule has 5 heteroatoms. The molecule has 1 fully saturated rings. The van der Waals surface area contributed by atoms with Crippen LogP contribution in [0.3, 0.4) is 0 Å². The normalized spacial score (nSPS) is 19.9. The second-order valence-electron chi connectivity index (χ2n) is 11.1. The van der Waals surface area contributed by atoms with Crippen molar-refractivity contribution in [3.63, 3.8) is 0 Å². The third-order valence-electron chi connectivity index (χ3n) is 7.26. The van der Waals surface area contributed by atoms with Gasteiger partial charge in [0, 0.05) is 18.0 Å². The first-order valence-electron chi connectivity index (χ1n) is 13.3. The number of ether oxygens (including phenoxy) is 2. The van der Waals surface area contributed by atoms with Crippen molar-refractivity contribution >= 4 is 6.09 Å². The van der Waals surface area contributed by atoms with Crippen molar-refractivity contribution in [2.75, 3.05) is 13.7 Å². The van der Waals surface area contributed by atoms with E-state index in [2.05, 4.69) is 83.4 Å². The van der Waals surface area contributed by atoms with Gasteiger partial charge in [-0.2, -0.15) is 0 Å². The fraction of sp³-hybridized carbons (Fsp3) is 0.406. The lowest BCUT2D eigenvalue weighted by atomic mass is 9.68. The van der Waals surface area contributed by atoms with Gasteiger partial charge in [0.05, 0.1) is 13.2 Å². The summed E-state index contributed by atoms with van der Waals surface area (Å²) in [6, 6.07) is 30.1. The molecule has 0 radical (unpaired) electrons. The van der Waals surface area contributed by atoms with Gasteiger partial charge in [0.25, 0.3) is 0 Å². The molecule has 0 spiro atoms. The molecule has 0 saturated heterocycles. The van der Waals surface area contributed by atoms with Crippen LogP contribution in [0.4, 0.5) is 4.79 Å². The van der Waals surface area contributed by atoms with E-state index >= 15 is 0 Å². The van der Waals surface area contributed by atoms with E-state index in [4.69, 9.17) is 9.47 Å². The van der Waals surface area contributed by atoms with Crippen LogP contribution >= 0.6 is 0 Å². The molecule has 2 N–H and O–H groups in total. The van der Waals surface area contributed by atoms with Gasteiger partial charge in [0.15, 0.2) is 0 Å². The van der Waals surface area contributed by atoms with Crippen LogP contribution in [0.25, 0.3) is 0 Å². The molecule has 1 amide bonds. The van der Waals surface area contributed by atoms with E-state index in [0.29, 0.717) is 12.6 Å². The van der Waals surface area contributed by atoms with Crippen LogP contribution < -0.4 is 15.4 Å². The number of amides is 1. The van der Waals surface area contributed by atoms with Crippen molar-refractivity contribution in [2.45, 2.75) is 69.6 Å². The SMILES string of the molecule is COc1cccc(C2(CNC(=O)OC(C)(C)C)CCC(NC(c3ccccc3)c3ccccc3)CC2)c1. The Hall–Kier alpha value is -3.31. The Kier molecular flexibility index (Phi) is 8.55. The molecule has 1 aliphatic carbocycles. The van der Waals surface area contributed by atoms with Gasteiger partial charge in [-0.3, -0.25) is 0 Å². The van der Waals surface area contributed by atoms with E-state index in [0.717, 1.165) is 31.4 Å². The maximum absolute atomic E-state index is 12.6. The van der Waals surface area contributed by atoms with Crippen molar-refractivity contribution in [1.82, 2.24) is 10.6 Å². The summed E-state index contributed by atoms with van der Waals surface area (Å²) in [7, 11) is 1.69. The minimum absolute atomic E-state index is 0.136. The van der Waals surface area contributed by atoms with Crippen LogP contribution in [0.5, 0.6) is 5.75 Å². The quantitative estimate of drug-likeness (QED) is 0.358. The summed E-state index contributed by atoms with van der Waals surface area (Å²) in [6.45, 7) is 6.19. The van der Waals surface area contributed by atoms with Crippen molar-refractivity contribution < 1.29 is 14.3 Å². The molecule has 0 aliphatic heterocycles. The number of alkyl carbamates (subject to hydrolysis) is 1. The third-order valence-corrected chi connectivity index (χ3v) is 7.26. The summed E-state index contributed by atoms with van der Waals surface area (Å²) in [6.07, 6.45) is 3.53. The van der Waals surface area contributed by atoms with Crippen molar-refractivity contribution in [2.24, 2.45) is 0 Å². The molecule has 37 heavy (non-hydrogen) atoms. The molecule has 4 rings (SSSR count). The predicted octanol–water partition coefficient (Wildman–Crippen LogP) is 6.78. The summed E-state index contributed by atoms with van der Waals surface area (Å²) in [5.41, 5.74) is 3.02. The van der Waals surface area contributed by atoms with Gasteiger partial charge >= 0.3 is 6.09 Å². The smallest absolute Gasteiger partial charge is 0.407 e. The number of hydrogen-bond donors (Lipinski definition) is 2. The molecule has 0 unspecified atom stereocenters. The Morgan fingerprint density at radius 2 is 1.51 bits per heavy atom. The number of rotatable bonds is 8. The fourth-order valence-corrected chi connectivity index (χ4v) is 5.32. The molecular weight excluding hydrogens is 460 g/mol. The Labute approximate surface area is 221 Å². The number of benzene rings is 3. The zero-order valence-corrected chi connectivity index (χ0v) is 22.5. The van der Waals surface area contributed by atoms with Gasteiger partial charge in [-0.15, -0.1) is 0 Å². The summed E-state index contributed by atoms with van der Waals surface area (Å²) < 4.78 is 11.1. The Balaban J connectivity index is 1.52. The highest BCUT2D eigenvalue weighted by molar-refractivity contribution is 5.68. The van der Waals surface area contributed by atoms with Crippen LogP contribution in [-0.2, 0) is 10.2 Å². The van der Waals surface area contributed by atoms with Crippen LogP contribution in [-0.4, -0.2) is 31.4 Å². The van der Waals surface area contributed by atoms with Crippen molar-refractivity contribution in [1.29, 1.82) is 0 Å². The number of hydrogen-bond acceptors (Lipinski definition) is 4. The zero-order chi connectivity index (χ0) is 26.3. The van der Waals surface area contributed by atoms with E-state index < -0.39 is 5.60 Å². The van der Waals surface area contributed by atoms with E-state index in [1.54, 1.807) is 7.11 Å². The van der Waals surface area contributed by atoms with Crippen molar-refractivity contribution in [3.05, 3.63) is 102 Å². The monoisotopic (exact) mass is 500 g/mol. The second-order valence-corrected chi connectivity index (χ2v) is 11.1. The molecule has 0 bridgehead atoms. The molecule has 0 aromatic heterocycles. The first kappa shape index (κ1) is 26.7. The largest absolute Gasteiger partial charge is 0.497 e. The lowest BCUT2D eigenvalue weighted by molar-refractivity contribution is 0.0505. The Morgan fingerprint density at radius 1 is 0.919 bits per heavy atom. The van der Waals surface area contributed by atoms with Crippen molar-refractivity contribution in [3.8, 4) is 5.75 Å². The summed E-state index contributed by atoms with van der Waals surface area (Å²) >= 11 is 0. The van der Waals surface area contributed by atoms with E-state index in [-0.39, 0.29) is 17.6 Å². The average Bonchev–Trinajstić information content (AvgIpc) is 2.91. The molecule has 3 aromatic carbocycles. The minimum Gasteiger partial charge on any atom is -0.497 e. The topological polar surface area (TPSA) is 59.6 Å². The van der Waals surface area contributed by atoms with Crippen LogP contribution in [0, 0.1) is 0 Å². The highest BCUT2D eigenvalue weighted by atomic mass is 16.6. The lowest BCUT2D eigenvalue weighted by Gasteiger charge is -2.42. The molecule has 3 aromatic rings. The van der Waals surface area contributed by atoms with Gasteiger partial charge < -0.3 is 20.1 Å². The molecular formula is C32H40N2O3.